The highest BCUT2D eigenvalue weighted by molar-refractivity contribution is 5.15. The van der Waals surface area contributed by atoms with Crippen molar-refractivity contribution in [3.8, 4) is 0 Å². The summed E-state index contributed by atoms with van der Waals surface area (Å²) in [6, 6.07) is 21.7. The van der Waals surface area contributed by atoms with Gasteiger partial charge in [-0.15, -0.1) is 0 Å². The number of aromatic nitrogens is 2. The number of aryl methyl sites for hydroxylation is 3. The van der Waals surface area contributed by atoms with Gasteiger partial charge in [-0.1, -0.05) is 67.1 Å². The molecule has 0 saturated carbocycles. The SMILES string of the molecule is c1ccc(CCCC(CCc2ccccc2)CCn2ccnc2)cc1. The summed E-state index contributed by atoms with van der Waals surface area (Å²) in [6.07, 6.45) is 13.3. The summed E-state index contributed by atoms with van der Waals surface area (Å²) in [6.45, 7) is 1.07. The van der Waals surface area contributed by atoms with Crippen molar-refractivity contribution in [3.63, 3.8) is 0 Å². The number of hydrogen-bond donors (Lipinski definition) is 0. The average molecular weight is 332 g/mol. The molecule has 0 radical (unpaired) electrons. The molecule has 1 heterocycles. The monoisotopic (exact) mass is 332 g/mol. The van der Waals surface area contributed by atoms with Crippen molar-refractivity contribution in [2.45, 2.75) is 45.1 Å². The van der Waals surface area contributed by atoms with Crippen LogP contribution < -0.4 is 0 Å². The van der Waals surface area contributed by atoms with Gasteiger partial charge in [0.1, 0.15) is 0 Å². The van der Waals surface area contributed by atoms with Gasteiger partial charge in [-0.2, -0.15) is 0 Å². The zero-order chi connectivity index (χ0) is 17.2. The second kappa shape index (κ2) is 9.83. The standard InChI is InChI=1S/C23H28N2/c1-3-8-21(9-4-1)12-7-13-23(16-18-25-19-17-24-20-25)15-14-22-10-5-2-6-11-22/h1-6,8-11,17,19-20,23H,7,12-16,18H2. The molecule has 1 unspecified atom stereocenters. The van der Waals surface area contributed by atoms with Gasteiger partial charge in [-0.3, -0.25) is 0 Å². The quantitative estimate of drug-likeness (QED) is 0.476. The second-order valence-corrected chi connectivity index (χ2v) is 6.86. The summed E-state index contributed by atoms with van der Waals surface area (Å²) in [5.41, 5.74) is 2.91. The van der Waals surface area contributed by atoms with Crippen molar-refractivity contribution in [1.29, 1.82) is 0 Å². The van der Waals surface area contributed by atoms with Crippen molar-refractivity contribution in [3.05, 3.63) is 90.5 Å². The van der Waals surface area contributed by atoms with Crippen LogP contribution in [0.1, 0.15) is 36.8 Å². The smallest absolute Gasteiger partial charge is 0.0945 e. The zero-order valence-electron chi connectivity index (χ0n) is 14.9. The summed E-state index contributed by atoms with van der Waals surface area (Å²) < 4.78 is 2.20. The second-order valence-electron chi connectivity index (χ2n) is 6.86. The summed E-state index contributed by atoms with van der Waals surface area (Å²) in [5.74, 6) is 0.770. The molecule has 3 aromatic rings. The molecule has 1 aromatic heterocycles. The molecule has 2 nitrogen and oxygen atoms in total. The Morgan fingerprint density at radius 3 is 2.08 bits per heavy atom. The molecule has 0 fully saturated rings. The molecule has 0 aliphatic carbocycles. The van der Waals surface area contributed by atoms with E-state index in [0.29, 0.717) is 0 Å². The first-order valence-electron chi connectivity index (χ1n) is 9.44. The largest absolute Gasteiger partial charge is 0.337 e. The minimum Gasteiger partial charge on any atom is -0.337 e. The molecule has 130 valence electrons. The summed E-state index contributed by atoms with van der Waals surface area (Å²) >= 11 is 0. The average Bonchev–Trinajstić information content (AvgIpc) is 3.19. The van der Waals surface area contributed by atoms with Gasteiger partial charge in [0.05, 0.1) is 6.33 Å². The van der Waals surface area contributed by atoms with E-state index in [2.05, 4.69) is 76.4 Å². The molecule has 0 bridgehead atoms. The Hall–Kier alpha value is -2.35. The van der Waals surface area contributed by atoms with E-state index in [4.69, 9.17) is 0 Å². The van der Waals surface area contributed by atoms with E-state index in [9.17, 15) is 0 Å². The van der Waals surface area contributed by atoms with E-state index in [-0.39, 0.29) is 0 Å². The van der Waals surface area contributed by atoms with Gasteiger partial charge in [0.25, 0.3) is 0 Å². The first-order valence-corrected chi connectivity index (χ1v) is 9.44. The van der Waals surface area contributed by atoms with Crippen LogP contribution in [0, 0.1) is 5.92 Å². The molecule has 3 rings (SSSR count). The van der Waals surface area contributed by atoms with Crippen molar-refractivity contribution in [2.24, 2.45) is 5.92 Å². The summed E-state index contributed by atoms with van der Waals surface area (Å²) in [7, 11) is 0. The van der Waals surface area contributed by atoms with E-state index in [1.807, 2.05) is 12.5 Å². The third kappa shape index (κ3) is 6.22. The van der Waals surface area contributed by atoms with Crippen LogP contribution in [0.4, 0.5) is 0 Å². The fraction of sp³-hybridized carbons (Fsp3) is 0.348. The fourth-order valence-electron chi connectivity index (χ4n) is 3.44. The highest BCUT2D eigenvalue weighted by Crippen LogP contribution is 2.21. The topological polar surface area (TPSA) is 17.8 Å². The Morgan fingerprint density at radius 1 is 0.760 bits per heavy atom. The maximum atomic E-state index is 4.16. The highest BCUT2D eigenvalue weighted by atomic mass is 15.0. The molecular weight excluding hydrogens is 304 g/mol. The van der Waals surface area contributed by atoms with Gasteiger partial charge in [-0.05, 0) is 49.1 Å². The molecule has 0 N–H and O–H groups in total. The van der Waals surface area contributed by atoms with E-state index in [1.165, 1.54) is 49.7 Å². The van der Waals surface area contributed by atoms with Crippen LogP contribution >= 0.6 is 0 Å². The van der Waals surface area contributed by atoms with Crippen LogP contribution in [-0.4, -0.2) is 9.55 Å². The Balaban J connectivity index is 1.49. The van der Waals surface area contributed by atoms with E-state index in [0.717, 1.165) is 12.5 Å². The molecule has 0 aliphatic rings. The fourth-order valence-corrected chi connectivity index (χ4v) is 3.44. The lowest BCUT2D eigenvalue weighted by Crippen LogP contribution is -2.08. The molecule has 0 aliphatic heterocycles. The number of hydrogen-bond acceptors (Lipinski definition) is 1. The Bertz CT molecular complexity index is 689. The van der Waals surface area contributed by atoms with E-state index < -0.39 is 0 Å². The Morgan fingerprint density at radius 2 is 1.44 bits per heavy atom. The van der Waals surface area contributed by atoms with Gasteiger partial charge < -0.3 is 4.57 Å². The highest BCUT2D eigenvalue weighted by Gasteiger charge is 2.10. The maximum Gasteiger partial charge on any atom is 0.0945 e. The molecule has 0 spiro atoms. The molecule has 0 amide bonds. The first-order chi connectivity index (χ1) is 12.4. The number of imidazole rings is 1. The molecule has 2 aromatic carbocycles. The third-order valence-corrected chi connectivity index (χ3v) is 4.96. The van der Waals surface area contributed by atoms with Gasteiger partial charge >= 0.3 is 0 Å². The van der Waals surface area contributed by atoms with E-state index in [1.54, 1.807) is 0 Å². The van der Waals surface area contributed by atoms with Crippen LogP contribution in [0.25, 0.3) is 0 Å². The third-order valence-electron chi connectivity index (χ3n) is 4.96. The number of nitrogens with zero attached hydrogens (tertiary/aromatic N) is 2. The zero-order valence-corrected chi connectivity index (χ0v) is 14.9. The van der Waals surface area contributed by atoms with Gasteiger partial charge in [-0.25, -0.2) is 4.98 Å². The lowest BCUT2D eigenvalue weighted by molar-refractivity contribution is 0.383. The van der Waals surface area contributed by atoms with Crippen LogP contribution in [0.2, 0.25) is 0 Å². The predicted octanol–water partition coefficient (Wildman–Crippen LogP) is 5.55. The van der Waals surface area contributed by atoms with Gasteiger partial charge in [0.15, 0.2) is 0 Å². The Kier molecular flexibility index (Phi) is 6.87. The summed E-state index contributed by atoms with van der Waals surface area (Å²) in [5, 5.41) is 0. The predicted molar refractivity (Wildman–Crippen MR) is 104 cm³/mol. The molecule has 1 atom stereocenters. The van der Waals surface area contributed by atoms with Crippen molar-refractivity contribution in [1.82, 2.24) is 9.55 Å². The van der Waals surface area contributed by atoms with Crippen molar-refractivity contribution in [2.75, 3.05) is 0 Å². The van der Waals surface area contributed by atoms with Crippen molar-refractivity contribution < 1.29 is 0 Å². The van der Waals surface area contributed by atoms with Crippen LogP contribution in [0.3, 0.4) is 0 Å². The summed E-state index contributed by atoms with van der Waals surface area (Å²) in [4.78, 5) is 4.16. The minimum atomic E-state index is 0.770. The molecule has 2 heteroatoms. The maximum absolute atomic E-state index is 4.16. The number of benzene rings is 2. The minimum absolute atomic E-state index is 0.770. The van der Waals surface area contributed by atoms with Crippen molar-refractivity contribution >= 4 is 0 Å². The first kappa shape index (κ1) is 17.5. The molecular formula is C23H28N2. The van der Waals surface area contributed by atoms with Crippen LogP contribution in [0.5, 0.6) is 0 Å². The van der Waals surface area contributed by atoms with Gasteiger partial charge in [0.2, 0.25) is 0 Å². The van der Waals surface area contributed by atoms with Crippen LogP contribution in [-0.2, 0) is 19.4 Å². The molecule has 25 heavy (non-hydrogen) atoms. The van der Waals surface area contributed by atoms with E-state index >= 15 is 0 Å². The normalized spacial score (nSPS) is 12.2. The lowest BCUT2D eigenvalue weighted by atomic mass is 9.91. The van der Waals surface area contributed by atoms with Gasteiger partial charge in [0, 0.05) is 18.9 Å². The Labute approximate surface area is 151 Å². The lowest BCUT2D eigenvalue weighted by Gasteiger charge is -2.17. The van der Waals surface area contributed by atoms with Crippen LogP contribution in [0.15, 0.2) is 79.4 Å². The number of rotatable bonds is 10. The molecule has 0 saturated heterocycles.